The second-order valence-corrected chi connectivity index (χ2v) is 6.42. The second-order valence-electron chi connectivity index (χ2n) is 4.34. The van der Waals surface area contributed by atoms with Crippen LogP contribution in [0, 0.1) is 10.5 Å². The lowest BCUT2D eigenvalue weighted by molar-refractivity contribution is 0.0696. The van der Waals surface area contributed by atoms with Crippen LogP contribution in [-0.2, 0) is 0 Å². The molecule has 0 amide bonds. The summed E-state index contributed by atoms with van der Waals surface area (Å²) >= 11 is 5.39. The summed E-state index contributed by atoms with van der Waals surface area (Å²) in [5, 5.41) is 19.1. The van der Waals surface area contributed by atoms with Crippen molar-refractivity contribution in [1.82, 2.24) is 0 Å². The number of rotatable bonds is 3. The van der Waals surface area contributed by atoms with Crippen LogP contribution in [0.3, 0.4) is 0 Å². The van der Waals surface area contributed by atoms with Gasteiger partial charge in [-0.15, -0.1) is 0 Å². The molecule has 0 heterocycles. The van der Waals surface area contributed by atoms with Gasteiger partial charge in [-0.3, -0.25) is 4.99 Å². The first kappa shape index (κ1) is 16.0. The molecule has 0 radical (unpaired) electrons. The quantitative estimate of drug-likeness (QED) is 0.523. The van der Waals surface area contributed by atoms with Gasteiger partial charge >= 0.3 is 5.97 Å². The van der Waals surface area contributed by atoms with E-state index in [9.17, 15) is 9.90 Å². The van der Waals surface area contributed by atoms with Gasteiger partial charge in [0, 0.05) is 16.3 Å². The van der Waals surface area contributed by atoms with Crippen molar-refractivity contribution in [2.75, 3.05) is 0 Å². The van der Waals surface area contributed by atoms with E-state index in [1.54, 1.807) is 31.2 Å². The molecule has 0 fully saturated rings. The molecule has 2 aromatic rings. The van der Waals surface area contributed by atoms with Gasteiger partial charge < -0.3 is 10.2 Å². The number of aromatic hydroxyl groups is 1. The molecule has 2 rings (SSSR count). The molecule has 0 aliphatic carbocycles. The largest absolute Gasteiger partial charge is 0.506 e. The molecule has 2 N–H and O–H groups in total. The van der Waals surface area contributed by atoms with E-state index in [1.807, 2.05) is 22.6 Å². The molecule has 0 atom stereocenters. The minimum absolute atomic E-state index is 0.148. The summed E-state index contributed by atoms with van der Waals surface area (Å²) in [5.41, 5.74) is 1.93. The van der Waals surface area contributed by atoms with Crippen LogP contribution in [0.25, 0.3) is 0 Å². The Kier molecular flexibility index (Phi) is 5.00. The smallest absolute Gasteiger partial charge is 0.336 e. The molecule has 0 saturated heterocycles. The fourth-order valence-corrected chi connectivity index (χ4v) is 3.37. The van der Waals surface area contributed by atoms with Gasteiger partial charge in [-0.2, -0.15) is 0 Å². The molecule has 0 aliphatic rings. The van der Waals surface area contributed by atoms with Crippen LogP contribution in [0.15, 0.2) is 39.8 Å². The average Bonchev–Trinajstić information content (AvgIpc) is 2.42. The number of hydrogen-bond donors (Lipinski definition) is 2. The average molecular weight is 460 g/mol. The van der Waals surface area contributed by atoms with Crippen molar-refractivity contribution in [3.63, 3.8) is 0 Å². The summed E-state index contributed by atoms with van der Waals surface area (Å²) in [7, 11) is 0. The lowest BCUT2D eigenvalue weighted by atomic mass is 10.1. The summed E-state index contributed by atoms with van der Waals surface area (Å²) in [6.45, 7) is 1.71. The lowest BCUT2D eigenvalue weighted by Crippen LogP contribution is -1.99. The van der Waals surface area contributed by atoms with Crippen molar-refractivity contribution in [3.8, 4) is 5.75 Å². The highest BCUT2D eigenvalue weighted by Crippen LogP contribution is 2.28. The maximum absolute atomic E-state index is 11.1. The molecule has 0 bridgehead atoms. The number of aromatic carboxylic acids is 1. The Balaban J connectivity index is 2.43. The predicted molar refractivity (Wildman–Crippen MR) is 93.9 cm³/mol. The second kappa shape index (κ2) is 6.57. The number of phenols is 1. The van der Waals surface area contributed by atoms with E-state index in [2.05, 4.69) is 20.9 Å². The van der Waals surface area contributed by atoms with Gasteiger partial charge in [-0.1, -0.05) is 22.0 Å². The first-order chi connectivity index (χ1) is 9.90. The number of hydrogen-bond acceptors (Lipinski definition) is 3. The molecule has 4 nitrogen and oxygen atoms in total. The Morgan fingerprint density at radius 3 is 2.76 bits per heavy atom. The number of aliphatic imine (C=N–C) groups is 1. The van der Waals surface area contributed by atoms with E-state index in [-0.39, 0.29) is 11.3 Å². The predicted octanol–water partition coefficient (Wildman–Crippen LogP) is 4.52. The molecule has 6 heteroatoms. The molecule has 0 unspecified atom stereocenters. The monoisotopic (exact) mass is 459 g/mol. The Hall–Kier alpha value is -1.41. The first-order valence-corrected chi connectivity index (χ1v) is 7.82. The number of phenolic OH excluding ortho intramolecular Hbond substituents is 1. The summed E-state index contributed by atoms with van der Waals surface area (Å²) in [5.74, 6) is -0.834. The Labute approximate surface area is 143 Å². The van der Waals surface area contributed by atoms with Crippen LogP contribution in [0.4, 0.5) is 5.69 Å². The summed E-state index contributed by atoms with van der Waals surface area (Å²) in [4.78, 5) is 15.4. The Bertz CT molecular complexity index is 744. The standard InChI is InChI=1S/C15H11BrINO3/c1-8-11(15(20)21)3-2-4-13(8)18-7-9-5-10(16)6-12(17)14(9)19/h2-7,19H,1H3,(H,20,21). The zero-order valence-corrected chi connectivity index (χ0v) is 14.7. The fraction of sp³-hybridized carbons (Fsp3) is 0.0667. The Morgan fingerprint density at radius 2 is 2.10 bits per heavy atom. The number of benzene rings is 2. The third kappa shape index (κ3) is 3.62. The SMILES string of the molecule is Cc1c(N=Cc2cc(Br)cc(I)c2O)cccc1C(=O)O. The van der Waals surface area contributed by atoms with Crippen LogP contribution in [0.5, 0.6) is 5.75 Å². The summed E-state index contributed by atoms with van der Waals surface area (Å²) < 4.78 is 1.54. The van der Waals surface area contributed by atoms with Crippen LogP contribution >= 0.6 is 38.5 Å². The van der Waals surface area contributed by atoms with Gasteiger partial charge in [-0.25, -0.2) is 4.79 Å². The van der Waals surface area contributed by atoms with E-state index in [0.717, 1.165) is 4.47 Å². The maximum atomic E-state index is 11.1. The molecule has 0 saturated carbocycles. The van der Waals surface area contributed by atoms with E-state index in [4.69, 9.17) is 5.11 Å². The normalized spacial score (nSPS) is 11.0. The van der Waals surface area contributed by atoms with Gasteiger partial charge in [0.25, 0.3) is 0 Å². The summed E-state index contributed by atoms with van der Waals surface area (Å²) in [6.07, 6.45) is 1.52. The minimum atomic E-state index is -0.982. The van der Waals surface area contributed by atoms with Crippen molar-refractivity contribution in [3.05, 3.63) is 55.1 Å². The zero-order chi connectivity index (χ0) is 15.6. The number of carbonyl (C=O) groups is 1. The van der Waals surface area contributed by atoms with Crippen LogP contribution in [-0.4, -0.2) is 22.4 Å². The first-order valence-electron chi connectivity index (χ1n) is 5.95. The number of nitrogens with zero attached hydrogens (tertiary/aromatic N) is 1. The molecule has 0 aliphatic heterocycles. The molecule has 2 aromatic carbocycles. The van der Waals surface area contributed by atoms with Crippen molar-refractivity contribution >= 4 is 56.4 Å². The van der Waals surface area contributed by atoms with E-state index in [1.165, 1.54) is 12.3 Å². The minimum Gasteiger partial charge on any atom is -0.506 e. The van der Waals surface area contributed by atoms with Gasteiger partial charge in [-0.05, 0) is 59.3 Å². The Morgan fingerprint density at radius 1 is 1.38 bits per heavy atom. The number of carboxylic acid groups (broad SMARTS) is 1. The van der Waals surface area contributed by atoms with Crippen molar-refractivity contribution in [2.24, 2.45) is 4.99 Å². The number of halogens is 2. The highest BCUT2D eigenvalue weighted by Gasteiger charge is 2.10. The lowest BCUT2D eigenvalue weighted by Gasteiger charge is -2.05. The molecule has 0 spiro atoms. The third-order valence-electron chi connectivity index (χ3n) is 2.94. The molecule has 0 aromatic heterocycles. The third-order valence-corrected chi connectivity index (χ3v) is 4.22. The molecular formula is C15H11BrINO3. The topological polar surface area (TPSA) is 69.9 Å². The van der Waals surface area contributed by atoms with Crippen LogP contribution in [0.2, 0.25) is 0 Å². The van der Waals surface area contributed by atoms with Gasteiger partial charge in [0.1, 0.15) is 5.75 Å². The van der Waals surface area contributed by atoms with E-state index < -0.39 is 5.97 Å². The highest BCUT2D eigenvalue weighted by molar-refractivity contribution is 14.1. The zero-order valence-electron chi connectivity index (χ0n) is 11.0. The van der Waals surface area contributed by atoms with Crippen molar-refractivity contribution in [1.29, 1.82) is 0 Å². The van der Waals surface area contributed by atoms with Crippen LogP contribution < -0.4 is 0 Å². The molecule has 21 heavy (non-hydrogen) atoms. The molecular weight excluding hydrogens is 449 g/mol. The fourth-order valence-electron chi connectivity index (χ4n) is 1.82. The van der Waals surface area contributed by atoms with E-state index in [0.29, 0.717) is 20.4 Å². The summed E-state index contributed by atoms with van der Waals surface area (Å²) in [6, 6.07) is 8.46. The highest BCUT2D eigenvalue weighted by atomic mass is 127. The van der Waals surface area contributed by atoms with Crippen LogP contribution in [0.1, 0.15) is 21.5 Å². The van der Waals surface area contributed by atoms with Gasteiger partial charge in [0.2, 0.25) is 0 Å². The maximum Gasteiger partial charge on any atom is 0.336 e. The van der Waals surface area contributed by atoms with Crippen molar-refractivity contribution < 1.29 is 15.0 Å². The van der Waals surface area contributed by atoms with E-state index >= 15 is 0 Å². The van der Waals surface area contributed by atoms with Gasteiger partial charge in [0.15, 0.2) is 0 Å². The molecule has 108 valence electrons. The van der Waals surface area contributed by atoms with Crippen molar-refractivity contribution in [2.45, 2.75) is 6.92 Å². The van der Waals surface area contributed by atoms with Gasteiger partial charge in [0.05, 0.1) is 14.8 Å². The number of carboxylic acids is 1.